The van der Waals surface area contributed by atoms with Crippen LogP contribution in [0.4, 0.5) is 26.1 Å². The van der Waals surface area contributed by atoms with Gasteiger partial charge in [-0.1, -0.05) is 55.1 Å². The largest absolute Gasteiger partial charge is 0.486 e. The molecule has 0 atom stereocenters. The minimum Gasteiger partial charge on any atom is -0.486 e. The molecular weight excluding hydrogens is 977 g/mol. The summed E-state index contributed by atoms with van der Waals surface area (Å²) in [7, 11) is 5.60. The number of hydrogen-bond acceptors (Lipinski definition) is 12. The third kappa shape index (κ3) is 8.94. The van der Waals surface area contributed by atoms with Crippen molar-refractivity contribution in [2.75, 3.05) is 16.8 Å². The van der Waals surface area contributed by atoms with Crippen LogP contribution in [0.2, 0.25) is 0 Å². The van der Waals surface area contributed by atoms with Crippen molar-refractivity contribution in [1.29, 1.82) is 0 Å². The first-order valence-corrected chi connectivity index (χ1v) is 24.1. The molecule has 380 valence electrons. The van der Waals surface area contributed by atoms with Crippen LogP contribution >= 0.6 is 0 Å². The maximum atomic E-state index is 16.2. The van der Waals surface area contributed by atoms with Crippen molar-refractivity contribution >= 4 is 56.3 Å². The van der Waals surface area contributed by atoms with E-state index in [9.17, 15) is 4.79 Å². The van der Waals surface area contributed by atoms with Gasteiger partial charge in [0.1, 0.15) is 42.2 Å². The molecule has 11 aromatic rings. The number of terminal acetylenes is 1. The van der Waals surface area contributed by atoms with Gasteiger partial charge in [-0.2, -0.15) is 0 Å². The molecule has 0 spiro atoms. The van der Waals surface area contributed by atoms with Gasteiger partial charge in [0.15, 0.2) is 29.0 Å². The number of nitrogen functional groups attached to an aromatic ring is 2. The van der Waals surface area contributed by atoms with E-state index in [2.05, 4.69) is 53.8 Å². The fourth-order valence-corrected chi connectivity index (χ4v) is 9.71. The summed E-state index contributed by atoms with van der Waals surface area (Å²) in [5, 5.41) is 3.93. The van der Waals surface area contributed by atoms with E-state index in [1.54, 1.807) is 56.4 Å². The third-order valence-corrected chi connectivity index (χ3v) is 13.5. The Morgan fingerprint density at radius 2 is 1.31 bits per heavy atom. The Morgan fingerprint density at radius 3 is 1.92 bits per heavy atom. The van der Waals surface area contributed by atoms with Gasteiger partial charge in [0, 0.05) is 61.0 Å². The van der Waals surface area contributed by atoms with Crippen molar-refractivity contribution < 1.29 is 23.0 Å². The number of nitrogens with two attached hydrogens (primary N) is 2. The highest BCUT2D eigenvalue weighted by Gasteiger charge is 2.27. The van der Waals surface area contributed by atoms with Crippen molar-refractivity contribution in [3.8, 4) is 74.6 Å². The van der Waals surface area contributed by atoms with Gasteiger partial charge in [-0.05, 0) is 114 Å². The normalized spacial score (nSPS) is 11.4. The number of aromatic nitrogens is 10. The molecule has 16 nitrogen and oxygen atoms in total. The predicted octanol–water partition coefficient (Wildman–Crippen LogP) is 10.8. The van der Waals surface area contributed by atoms with Gasteiger partial charge in [-0.3, -0.25) is 4.79 Å². The topological polar surface area (TPSA) is 205 Å². The number of nitrogens with zero attached hydrogens (tertiary/aromatic N) is 10. The van der Waals surface area contributed by atoms with Crippen LogP contribution in [0.3, 0.4) is 0 Å². The van der Waals surface area contributed by atoms with Crippen LogP contribution in [-0.2, 0) is 39.0 Å². The number of hydrogen-bond donors (Lipinski definition) is 3. The van der Waals surface area contributed by atoms with E-state index in [1.807, 2.05) is 77.3 Å². The molecule has 5 N–H and O–H groups in total. The van der Waals surface area contributed by atoms with Crippen LogP contribution in [0.5, 0.6) is 17.5 Å². The average molecular weight is 1020 g/mol. The Morgan fingerprint density at radius 1 is 0.714 bits per heavy atom. The molecule has 0 aliphatic rings. The summed E-state index contributed by atoms with van der Waals surface area (Å²) in [5.74, 6) is 2.09. The number of benzene rings is 5. The molecule has 1 amide bonds. The number of carbonyl (C=O) groups is 1. The van der Waals surface area contributed by atoms with E-state index in [1.165, 1.54) is 30.9 Å². The molecule has 0 aliphatic carbocycles. The van der Waals surface area contributed by atoms with Crippen LogP contribution in [0.25, 0.3) is 77.9 Å². The van der Waals surface area contributed by atoms with Crippen molar-refractivity contribution in [3.05, 3.63) is 174 Å². The van der Waals surface area contributed by atoms with Gasteiger partial charge in [-0.25, -0.2) is 43.7 Å². The average Bonchev–Trinajstić information content (AvgIpc) is 4.26. The molecule has 77 heavy (non-hydrogen) atoms. The maximum Gasteiger partial charge on any atom is 0.322 e. The summed E-state index contributed by atoms with van der Waals surface area (Å²) in [5.41, 5.74) is 25.2. The van der Waals surface area contributed by atoms with Gasteiger partial charge in [0.25, 0.3) is 5.91 Å². The highest BCUT2D eigenvalue weighted by Crippen LogP contribution is 2.46. The number of carbonyl (C=O) groups excluding carboxylic acids is 1. The zero-order valence-electron chi connectivity index (χ0n) is 42.4. The van der Waals surface area contributed by atoms with E-state index < -0.39 is 11.6 Å². The molecule has 0 saturated heterocycles. The van der Waals surface area contributed by atoms with Crippen molar-refractivity contribution in [2.24, 2.45) is 21.1 Å². The number of halogens is 2. The van der Waals surface area contributed by atoms with Crippen LogP contribution in [0, 0.1) is 30.9 Å². The SMILES string of the molecule is C#Cc1nc2cc(-c3c(-c4ccc(Oc5nccc(C)n5)c(F)c4)c4c(N)ncnc4n3C)c(Cc3ccc(COc4ccc(-c5c(-c6ccc(NC(=O)C(=C)C)cc6)n(C)c6ncnc(N)c56)cc4F)cc3)cc2n1C. The van der Waals surface area contributed by atoms with Gasteiger partial charge >= 0.3 is 6.01 Å². The molecule has 0 saturated carbocycles. The lowest BCUT2D eigenvalue weighted by Crippen LogP contribution is -2.11. The number of anilines is 3. The molecule has 6 heterocycles. The third-order valence-electron chi connectivity index (χ3n) is 13.5. The molecule has 0 bridgehead atoms. The number of nitrogens with one attached hydrogen (secondary N) is 1. The van der Waals surface area contributed by atoms with Crippen LogP contribution in [0.1, 0.15) is 35.1 Å². The second-order valence-corrected chi connectivity index (χ2v) is 18.6. The lowest BCUT2D eigenvalue weighted by molar-refractivity contribution is -0.112. The highest BCUT2D eigenvalue weighted by atomic mass is 19.1. The number of rotatable bonds is 13. The summed E-state index contributed by atoms with van der Waals surface area (Å²) < 4.78 is 50.0. The molecular formula is C59H47F2N13O3. The first-order valence-electron chi connectivity index (χ1n) is 24.1. The van der Waals surface area contributed by atoms with Crippen molar-refractivity contribution in [1.82, 2.24) is 48.6 Å². The van der Waals surface area contributed by atoms with Gasteiger partial charge in [0.05, 0.1) is 33.2 Å². The fraction of sp³-hybridized carbons (Fsp3) is 0.119. The Balaban J connectivity index is 0.897. The van der Waals surface area contributed by atoms with E-state index in [0.717, 1.165) is 39.0 Å². The Bertz CT molecular complexity index is 4250. The van der Waals surface area contributed by atoms with E-state index in [0.29, 0.717) is 84.7 Å². The highest BCUT2D eigenvalue weighted by molar-refractivity contribution is 6.10. The van der Waals surface area contributed by atoms with E-state index >= 15 is 8.78 Å². The standard InChI is InChI=1S/C59H47F2N13O3/c1-8-47-71-43-27-40(53-49(51-55(63)66-30-68-57(51)74(53)7)37-16-20-46(42(61)25-37)77-59-64-22-21-32(4)69-59)38(26-44(43)72(47)5)23-33-9-11-34(12-10-33)28-76-45-19-15-36(24-41(45)60)48-50-54(62)65-29-67-56(50)73(6)52(48)35-13-17-39(18-14-35)70-58(75)31(2)3/h1,9-22,24-27,29-30H,2,23,28H2,3-7H3,(H,70,75)(H2,62,65,67)(H2,63,66,68). The van der Waals surface area contributed by atoms with Crippen molar-refractivity contribution in [2.45, 2.75) is 26.9 Å². The van der Waals surface area contributed by atoms with Crippen LogP contribution in [-0.4, -0.2) is 54.5 Å². The number of amides is 1. The van der Waals surface area contributed by atoms with Crippen LogP contribution in [0.15, 0.2) is 134 Å². The van der Waals surface area contributed by atoms with E-state index in [4.69, 9.17) is 32.3 Å². The number of ether oxygens (including phenoxy) is 2. The number of fused-ring (bicyclic) bond motifs is 3. The molecule has 6 aromatic heterocycles. The Labute approximate surface area is 439 Å². The summed E-state index contributed by atoms with van der Waals surface area (Å²) >= 11 is 0. The minimum atomic E-state index is -0.641. The first kappa shape index (κ1) is 49.0. The Hall–Kier alpha value is -10.3. The van der Waals surface area contributed by atoms with Gasteiger partial charge < -0.3 is 40.0 Å². The second kappa shape index (κ2) is 19.5. The number of aryl methyl sites for hydroxylation is 4. The van der Waals surface area contributed by atoms with Gasteiger partial charge in [-0.15, -0.1) is 6.42 Å². The first-order chi connectivity index (χ1) is 37.1. The molecule has 0 radical (unpaired) electrons. The molecule has 0 aliphatic heterocycles. The Kier molecular flexibility index (Phi) is 12.4. The van der Waals surface area contributed by atoms with Crippen molar-refractivity contribution in [3.63, 3.8) is 0 Å². The molecule has 11 rings (SSSR count). The smallest absolute Gasteiger partial charge is 0.322 e. The summed E-state index contributed by atoms with van der Waals surface area (Å²) in [6.45, 7) is 7.21. The van der Waals surface area contributed by atoms with Crippen LogP contribution < -0.4 is 26.3 Å². The monoisotopic (exact) mass is 1020 g/mol. The number of imidazole rings is 1. The zero-order chi connectivity index (χ0) is 53.8. The lowest BCUT2D eigenvalue weighted by atomic mass is 9.92. The maximum absolute atomic E-state index is 16.2. The molecule has 0 fully saturated rings. The summed E-state index contributed by atoms with van der Waals surface area (Å²) in [4.78, 5) is 43.2. The second-order valence-electron chi connectivity index (χ2n) is 18.6. The zero-order valence-corrected chi connectivity index (χ0v) is 42.4. The molecule has 5 aromatic carbocycles. The quantitative estimate of drug-likeness (QED) is 0.0729. The molecule has 0 unspecified atom stereocenters. The summed E-state index contributed by atoms with van der Waals surface area (Å²) in [6, 6.07) is 30.4. The molecule has 18 heteroatoms. The fourth-order valence-electron chi connectivity index (χ4n) is 9.71. The lowest BCUT2D eigenvalue weighted by Gasteiger charge is -2.16. The predicted molar refractivity (Wildman–Crippen MR) is 294 cm³/mol. The van der Waals surface area contributed by atoms with Gasteiger partial charge in [0.2, 0.25) is 0 Å². The summed E-state index contributed by atoms with van der Waals surface area (Å²) in [6.07, 6.45) is 10.7. The van der Waals surface area contributed by atoms with E-state index in [-0.39, 0.29) is 41.7 Å². The minimum absolute atomic E-state index is 0.0178.